The fraction of sp³-hybridized carbons (Fsp3) is 0.379. The van der Waals surface area contributed by atoms with Gasteiger partial charge in [-0.15, -0.1) is 0 Å². The van der Waals surface area contributed by atoms with Gasteiger partial charge >= 0.3 is 0 Å². The first kappa shape index (κ1) is 25.6. The molecule has 2 amide bonds. The molecule has 0 spiro atoms. The molecule has 38 heavy (non-hydrogen) atoms. The van der Waals surface area contributed by atoms with E-state index in [1.54, 1.807) is 16.8 Å². The third-order valence-corrected chi connectivity index (χ3v) is 7.15. The van der Waals surface area contributed by atoms with E-state index in [2.05, 4.69) is 25.9 Å². The monoisotopic (exact) mass is 516 g/mol. The van der Waals surface area contributed by atoms with Crippen molar-refractivity contribution in [3.05, 3.63) is 83.1 Å². The highest BCUT2D eigenvalue weighted by Gasteiger charge is 2.34. The Morgan fingerprint density at radius 3 is 2.55 bits per heavy atom. The van der Waals surface area contributed by atoms with Crippen LogP contribution in [0.25, 0.3) is 10.9 Å². The van der Waals surface area contributed by atoms with Crippen molar-refractivity contribution in [1.82, 2.24) is 30.6 Å². The molecule has 1 saturated carbocycles. The minimum absolute atomic E-state index is 0.239. The number of H-pyrrole nitrogens is 1. The van der Waals surface area contributed by atoms with Gasteiger partial charge in [0.15, 0.2) is 5.69 Å². The van der Waals surface area contributed by atoms with Crippen LogP contribution in [0, 0.1) is 11.2 Å². The summed E-state index contributed by atoms with van der Waals surface area (Å²) in [4.78, 5) is 26.7. The molecule has 2 heterocycles. The van der Waals surface area contributed by atoms with Crippen molar-refractivity contribution in [3.63, 3.8) is 0 Å². The second kappa shape index (κ2) is 10.4. The quantitative estimate of drug-likeness (QED) is 0.316. The van der Waals surface area contributed by atoms with Gasteiger partial charge in [-0.1, -0.05) is 57.5 Å². The highest BCUT2D eigenvalue weighted by molar-refractivity contribution is 6.06. The van der Waals surface area contributed by atoms with Gasteiger partial charge in [-0.25, -0.2) is 4.39 Å². The largest absolute Gasteiger partial charge is 0.349 e. The van der Waals surface area contributed by atoms with Crippen LogP contribution in [0.5, 0.6) is 0 Å². The molecule has 4 aromatic rings. The van der Waals surface area contributed by atoms with Gasteiger partial charge in [0.2, 0.25) is 5.91 Å². The maximum Gasteiger partial charge on any atom is 0.273 e. The predicted molar refractivity (Wildman–Crippen MR) is 143 cm³/mol. The molecule has 0 unspecified atom stereocenters. The Hall–Kier alpha value is -4.01. The SMILES string of the molecule is CC(C)(C)[C@H](NC(=O)c1nn(Cc2ccc(F)cc2)c2ccccc12)C(=O)NCc1cc(C2CCC2)n[nH]1. The van der Waals surface area contributed by atoms with E-state index in [0.717, 1.165) is 35.3 Å². The molecule has 1 aliphatic rings. The number of rotatable bonds is 8. The molecule has 198 valence electrons. The Kier molecular flexibility index (Phi) is 7.01. The van der Waals surface area contributed by atoms with Crippen LogP contribution < -0.4 is 10.6 Å². The summed E-state index contributed by atoms with van der Waals surface area (Å²) in [5.41, 5.74) is 3.22. The number of para-hydroxylation sites is 1. The summed E-state index contributed by atoms with van der Waals surface area (Å²) in [5, 5.41) is 18.6. The van der Waals surface area contributed by atoms with Gasteiger partial charge in [-0.2, -0.15) is 10.2 Å². The zero-order valence-corrected chi connectivity index (χ0v) is 21.9. The molecule has 1 atom stereocenters. The van der Waals surface area contributed by atoms with Gasteiger partial charge in [0.1, 0.15) is 11.9 Å². The fourth-order valence-corrected chi connectivity index (χ4v) is 4.72. The van der Waals surface area contributed by atoms with Gasteiger partial charge < -0.3 is 10.6 Å². The zero-order chi connectivity index (χ0) is 26.9. The molecule has 3 N–H and O–H groups in total. The molecular formula is C29H33FN6O2. The predicted octanol–water partition coefficient (Wildman–Crippen LogP) is 4.68. The van der Waals surface area contributed by atoms with E-state index in [9.17, 15) is 14.0 Å². The van der Waals surface area contributed by atoms with Crippen molar-refractivity contribution < 1.29 is 14.0 Å². The number of halogens is 1. The van der Waals surface area contributed by atoms with Crippen LogP contribution in [-0.4, -0.2) is 37.8 Å². The lowest BCUT2D eigenvalue weighted by Crippen LogP contribution is -2.53. The van der Waals surface area contributed by atoms with Gasteiger partial charge in [0.05, 0.1) is 30.0 Å². The first-order valence-corrected chi connectivity index (χ1v) is 13.0. The molecule has 8 nitrogen and oxygen atoms in total. The van der Waals surface area contributed by atoms with Crippen LogP contribution in [0.1, 0.15) is 73.4 Å². The van der Waals surface area contributed by atoms with Crippen molar-refractivity contribution in [2.24, 2.45) is 5.41 Å². The molecule has 1 fully saturated rings. The second-order valence-electron chi connectivity index (χ2n) is 11.1. The zero-order valence-electron chi connectivity index (χ0n) is 21.9. The molecule has 9 heteroatoms. The molecule has 0 saturated heterocycles. The smallest absolute Gasteiger partial charge is 0.273 e. The number of carbonyl (C=O) groups is 2. The van der Waals surface area contributed by atoms with Gasteiger partial charge in [0, 0.05) is 11.3 Å². The standard InChI is InChI=1S/C29H33FN6O2/c1-29(2,3)26(28(38)31-16-21-15-23(34-33-21)19-7-6-8-19)32-27(37)25-22-9-4-5-10-24(22)36(35-25)17-18-11-13-20(30)14-12-18/h4-5,9-15,19,26H,6-8,16-17H2,1-3H3,(H,31,38)(H,32,37)(H,33,34)/t26-/m1/s1. The number of carbonyl (C=O) groups excluding carboxylic acids is 2. The molecule has 0 radical (unpaired) electrons. The van der Waals surface area contributed by atoms with Crippen LogP contribution in [0.4, 0.5) is 4.39 Å². The number of hydrogen-bond acceptors (Lipinski definition) is 4. The summed E-state index contributed by atoms with van der Waals surface area (Å²) in [6.45, 7) is 6.41. The van der Waals surface area contributed by atoms with E-state index in [0.29, 0.717) is 24.4 Å². The van der Waals surface area contributed by atoms with Crippen molar-refractivity contribution in [3.8, 4) is 0 Å². The van der Waals surface area contributed by atoms with E-state index in [4.69, 9.17) is 0 Å². The van der Waals surface area contributed by atoms with Crippen LogP contribution in [0.15, 0.2) is 54.6 Å². The molecular weight excluding hydrogens is 483 g/mol. The lowest BCUT2D eigenvalue weighted by atomic mass is 9.83. The normalized spacial score (nSPS) is 14.7. The Labute approximate surface area is 221 Å². The highest BCUT2D eigenvalue weighted by atomic mass is 19.1. The van der Waals surface area contributed by atoms with E-state index >= 15 is 0 Å². The molecule has 2 aromatic heterocycles. The number of nitrogens with zero attached hydrogens (tertiary/aromatic N) is 3. The average Bonchev–Trinajstić information content (AvgIpc) is 3.46. The first-order chi connectivity index (χ1) is 18.2. The van der Waals surface area contributed by atoms with Gasteiger partial charge in [-0.05, 0) is 48.1 Å². The third-order valence-electron chi connectivity index (χ3n) is 7.15. The highest BCUT2D eigenvalue weighted by Crippen LogP contribution is 2.35. The fourth-order valence-electron chi connectivity index (χ4n) is 4.72. The number of benzene rings is 2. The minimum atomic E-state index is -0.787. The van der Waals surface area contributed by atoms with Crippen molar-refractivity contribution in [1.29, 1.82) is 0 Å². The molecule has 2 aromatic carbocycles. The number of aromatic amines is 1. The van der Waals surface area contributed by atoms with Crippen molar-refractivity contribution in [2.45, 2.75) is 65.1 Å². The summed E-state index contributed by atoms with van der Waals surface area (Å²) in [5.74, 6) is -0.504. The second-order valence-corrected chi connectivity index (χ2v) is 11.1. The first-order valence-electron chi connectivity index (χ1n) is 13.0. The number of amides is 2. The summed E-state index contributed by atoms with van der Waals surface area (Å²) in [7, 11) is 0. The van der Waals surface area contributed by atoms with Crippen LogP contribution in [0.3, 0.4) is 0 Å². The van der Waals surface area contributed by atoms with E-state index in [1.807, 2.05) is 51.1 Å². The summed E-state index contributed by atoms with van der Waals surface area (Å²) in [6.07, 6.45) is 3.54. The third kappa shape index (κ3) is 5.46. The number of hydrogen-bond donors (Lipinski definition) is 3. The average molecular weight is 517 g/mol. The molecule has 5 rings (SSSR count). The van der Waals surface area contributed by atoms with E-state index in [1.165, 1.54) is 18.6 Å². The lowest BCUT2D eigenvalue weighted by Gasteiger charge is -2.30. The Bertz CT molecular complexity index is 1450. The van der Waals surface area contributed by atoms with Crippen molar-refractivity contribution >= 4 is 22.7 Å². The van der Waals surface area contributed by atoms with Crippen LogP contribution in [-0.2, 0) is 17.9 Å². The van der Waals surface area contributed by atoms with Gasteiger partial charge in [-0.3, -0.25) is 19.4 Å². The number of aromatic nitrogens is 4. The number of nitrogens with one attached hydrogen (secondary N) is 3. The van der Waals surface area contributed by atoms with Crippen LogP contribution >= 0.6 is 0 Å². The molecule has 1 aliphatic carbocycles. The topological polar surface area (TPSA) is 105 Å². The Morgan fingerprint density at radius 1 is 1.13 bits per heavy atom. The minimum Gasteiger partial charge on any atom is -0.349 e. The molecule has 0 aliphatic heterocycles. The van der Waals surface area contributed by atoms with E-state index in [-0.39, 0.29) is 17.4 Å². The Morgan fingerprint density at radius 2 is 1.87 bits per heavy atom. The maximum absolute atomic E-state index is 13.5. The summed E-state index contributed by atoms with van der Waals surface area (Å²) in [6, 6.07) is 14.9. The van der Waals surface area contributed by atoms with E-state index < -0.39 is 17.4 Å². The Balaban J connectivity index is 1.32. The van der Waals surface area contributed by atoms with Crippen LogP contribution in [0.2, 0.25) is 0 Å². The number of fused-ring (bicyclic) bond motifs is 1. The summed E-state index contributed by atoms with van der Waals surface area (Å²) < 4.78 is 15.1. The summed E-state index contributed by atoms with van der Waals surface area (Å²) >= 11 is 0. The van der Waals surface area contributed by atoms with Gasteiger partial charge in [0.25, 0.3) is 5.91 Å². The molecule has 0 bridgehead atoms. The maximum atomic E-state index is 13.5. The van der Waals surface area contributed by atoms with Crippen molar-refractivity contribution in [2.75, 3.05) is 0 Å². The lowest BCUT2D eigenvalue weighted by molar-refractivity contribution is -0.125.